The van der Waals surface area contributed by atoms with Crippen molar-refractivity contribution in [1.82, 2.24) is 0 Å². The highest BCUT2D eigenvalue weighted by Crippen LogP contribution is 2.70. The molecule has 0 amide bonds. The highest BCUT2D eigenvalue weighted by atomic mass is 32.2. The Kier molecular flexibility index (Phi) is 4.41. The Morgan fingerprint density at radius 3 is 2.52 bits per heavy atom. The number of rotatable bonds is 1. The standard InChI is InChI=1S/C24H32O4S/c1-14(25)29-19-13-15-12-16(26)4-8-22(15,2)17-5-9-23(3)18(21(17)19)6-10-24(23)11-7-20(27)28-24/h13,17-19,21H,4-12H2,1-3H3/t17-,18-,19+,21+,22-,23-,24+/m0/s1. The molecule has 0 radical (unpaired) electrons. The van der Waals surface area contributed by atoms with Gasteiger partial charge in [-0.3, -0.25) is 14.4 Å². The zero-order valence-electron chi connectivity index (χ0n) is 17.8. The summed E-state index contributed by atoms with van der Waals surface area (Å²) >= 11 is 1.46. The molecule has 1 aliphatic heterocycles. The Morgan fingerprint density at radius 1 is 1.07 bits per heavy atom. The van der Waals surface area contributed by atoms with Crippen LogP contribution in [0.25, 0.3) is 0 Å². The molecule has 4 nitrogen and oxygen atoms in total. The molecular weight excluding hydrogens is 384 g/mol. The third-order valence-corrected chi connectivity index (χ3v) is 10.6. The Balaban J connectivity index is 1.57. The van der Waals surface area contributed by atoms with Crippen LogP contribution < -0.4 is 0 Å². The molecule has 0 aromatic carbocycles. The van der Waals surface area contributed by atoms with Gasteiger partial charge in [0, 0.05) is 36.9 Å². The lowest BCUT2D eigenvalue weighted by Gasteiger charge is -2.60. The molecule has 158 valence electrons. The molecule has 1 spiro atoms. The Hall–Kier alpha value is -1.10. The van der Waals surface area contributed by atoms with Crippen molar-refractivity contribution < 1.29 is 19.1 Å². The molecular formula is C24H32O4S. The summed E-state index contributed by atoms with van der Waals surface area (Å²) in [5.74, 6) is 1.71. The number of esters is 1. The van der Waals surface area contributed by atoms with Crippen LogP contribution in [0, 0.1) is 28.6 Å². The number of fused-ring (bicyclic) bond motifs is 6. The van der Waals surface area contributed by atoms with Crippen molar-refractivity contribution in [3.05, 3.63) is 11.6 Å². The van der Waals surface area contributed by atoms with E-state index in [0.29, 0.717) is 42.8 Å². The normalized spacial score (nSPS) is 48.6. The molecule has 1 heterocycles. The molecule has 4 fully saturated rings. The van der Waals surface area contributed by atoms with E-state index >= 15 is 0 Å². The fourth-order valence-electron chi connectivity index (χ4n) is 8.04. The molecule has 4 aliphatic carbocycles. The van der Waals surface area contributed by atoms with Crippen molar-refractivity contribution in [2.75, 3.05) is 0 Å². The van der Waals surface area contributed by atoms with Crippen LogP contribution in [0.5, 0.6) is 0 Å². The van der Waals surface area contributed by atoms with Gasteiger partial charge in [-0.25, -0.2) is 0 Å². The molecule has 0 bridgehead atoms. The average molecular weight is 417 g/mol. The van der Waals surface area contributed by atoms with Crippen molar-refractivity contribution in [3.63, 3.8) is 0 Å². The molecule has 5 rings (SSSR count). The van der Waals surface area contributed by atoms with Gasteiger partial charge in [0.2, 0.25) is 0 Å². The maximum atomic E-state index is 12.2. The van der Waals surface area contributed by atoms with E-state index in [1.165, 1.54) is 17.3 Å². The first-order valence-corrected chi connectivity index (χ1v) is 12.2. The lowest BCUT2D eigenvalue weighted by molar-refractivity contribution is -0.166. The van der Waals surface area contributed by atoms with Crippen molar-refractivity contribution in [2.45, 2.75) is 89.4 Å². The molecule has 5 aliphatic rings. The van der Waals surface area contributed by atoms with Crippen molar-refractivity contribution in [3.8, 4) is 0 Å². The first kappa shape index (κ1) is 19.8. The second-order valence-electron chi connectivity index (χ2n) is 10.7. The number of carbonyl (C=O) groups excluding carboxylic acids is 3. The summed E-state index contributed by atoms with van der Waals surface area (Å²) in [5, 5.41) is 0.298. The second kappa shape index (κ2) is 6.45. The van der Waals surface area contributed by atoms with E-state index in [1.54, 1.807) is 6.92 Å². The van der Waals surface area contributed by atoms with E-state index in [9.17, 15) is 14.4 Å². The van der Waals surface area contributed by atoms with Gasteiger partial charge in [0.05, 0.1) is 0 Å². The summed E-state index contributed by atoms with van der Waals surface area (Å²) in [7, 11) is 0. The minimum Gasteiger partial charge on any atom is -0.458 e. The van der Waals surface area contributed by atoms with Gasteiger partial charge >= 0.3 is 5.97 Å². The van der Waals surface area contributed by atoms with Crippen molar-refractivity contribution in [1.29, 1.82) is 0 Å². The lowest BCUT2D eigenvalue weighted by Crippen LogP contribution is -2.57. The second-order valence-corrected chi connectivity index (χ2v) is 12.0. The molecule has 1 saturated heterocycles. The number of ether oxygens (including phenoxy) is 1. The number of allylic oxidation sites excluding steroid dienone is 1. The van der Waals surface area contributed by atoms with Crippen LogP contribution in [-0.4, -0.2) is 27.7 Å². The average Bonchev–Trinajstić information content (AvgIpc) is 3.17. The Bertz CT molecular complexity index is 818. The van der Waals surface area contributed by atoms with Crippen LogP contribution in [0.4, 0.5) is 0 Å². The van der Waals surface area contributed by atoms with Crippen LogP contribution in [0.15, 0.2) is 11.6 Å². The number of hydrogen-bond donors (Lipinski definition) is 0. The van der Waals surface area contributed by atoms with Crippen molar-refractivity contribution in [2.24, 2.45) is 28.6 Å². The Morgan fingerprint density at radius 2 is 1.83 bits per heavy atom. The zero-order chi connectivity index (χ0) is 20.6. The number of carbonyl (C=O) groups is 3. The van der Waals surface area contributed by atoms with Gasteiger partial charge in [0.25, 0.3) is 0 Å². The van der Waals surface area contributed by atoms with Crippen molar-refractivity contribution >= 4 is 28.6 Å². The number of ketones is 1. The van der Waals surface area contributed by atoms with Gasteiger partial charge in [-0.2, -0.15) is 0 Å². The SMILES string of the molecule is CC(=O)S[C@@H]1C=C2CC(=O)CC[C@]2(C)[C@H]2CC[C@@]3(C)[C@@H](CC[C@@]34CCC(=O)O4)[C@H]12. The third-order valence-electron chi connectivity index (χ3n) is 9.57. The van der Waals surface area contributed by atoms with Gasteiger partial charge in [0.15, 0.2) is 5.12 Å². The van der Waals surface area contributed by atoms with E-state index in [4.69, 9.17) is 4.74 Å². The molecule has 0 unspecified atom stereocenters. The van der Waals surface area contributed by atoms with E-state index in [2.05, 4.69) is 19.9 Å². The van der Waals surface area contributed by atoms with Crippen LogP contribution in [-0.2, 0) is 19.1 Å². The van der Waals surface area contributed by atoms with Gasteiger partial charge in [-0.15, -0.1) is 0 Å². The van der Waals surface area contributed by atoms with Crippen LogP contribution in [0.1, 0.15) is 78.6 Å². The molecule has 3 saturated carbocycles. The summed E-state index contributed by atoms with van der Waals surface area (Å²) in [6.45, 7) is 6.40. The summed E-state index contributed by atoms with van der Waals surface area (Å²) in [4.78, 5) is 36.4. The molecule has 0 N–H and O–H groups in total. The van der Waals surface area contributed by atoms with E-state index in [0.717, 1.165) is 38.5 Å². The monoisotopic (exact) mass is 416 g/mol. The fourth-order valence-corrected chi connectivity index (χ4v) is 9.19. The van der Waals surface area contributed by atoms with Gasteiger partial charge < -0.3 is 4.74 Å². The minimum absolute atomic E-state index is 0.00210. The molecule has 0 aromatic rings. The summed E-state index contributed by atoms with van der Waals surface area (Å²) in [5.41, 5.74) is 1.08. The Labute approximate surface area is 177 Å². The molecule has 0 aromatic heterocycles. The predicted molar refractivity (Wildman–Crippen MR) is 112 cm³/mol. The summed E-state index contributed by atoms with van der Waals surface area (Å²) in [6, 6.07) is 0. The zero-order valence-corrected chi connectivity index (χ0v) is 18.6. The first-order chi connectivity index (χ1) is 13.7. The quantitative estimate of drug-likeness (QED) is 0.452. The highest BCUT2D eigenvalue weighted by Gasteiger charge is 2.68. The molecule has 5 heteroatoms. The number of hydrogen-bond acceptors (Lipinski definition) is 5. The van der Waals surface area contributed by atoms with Crippen LogP contribution in [0.3, 0.4) is 0 Å². The van der Waals surface area contributed by atoms with E-state index < -0.39 is 0 Å². The minimum atomic E-state index is -0.293. The molecule has 29 heavy (non-hydrogen) atoms. The fraction of sp³-hybridized carbons (Fsp3) is 0.792. The lowest BCUT2D eigenvalue weighted by atomic mass is 9.46. The number of thioether (sulfide) groups is 1. The largest absolute Gasteiger partial charge is 0.458 e. The van der Waals surface area contributed by atoms with Gasteiger partial charge in [-0.05, 0) is 61.7 Å². The predicted octanol–water partition coefficient (Wildman–Crippen LogP) is 4.85. The van der Waals surface area contributed by atoms with Gasteiger partial charge in [-0.1, -0.05) is 37.3 Å². The van der Waals surface area contributed by atoms with E-state index in [-0.39, 0.29) is 32.8 Å². The summed E-state index contributed by atoms with van der Waals surface area (Å²) < 4.78 is 6.05. The maximum Gasteiger partial charge on any atom is 0.306 e. The molecule has 7 atom stereocenters. The topological polar surface area (TPSA) is 60.4 Å². The van der Waals surface area contributed by atoms with Crippen LogP contribution >= 0.6 is 11.8 Å². The van der Waals surface area contributed by atoms with E-state index in [1.807, 2.05) is 0 Å². The highest BCUT2D eigenvalue weighted by molar-refractivity contribution is 8.14. The maximum absolute atomic E-state index is 12.2. The first-order valence-electron chi connectivity index (χ1n) is 11.3. The van der Waals surface area contributed by atoms with Crippen LogP contribution in [0.2, 0.25) is 0 Å². The number of Topliss-reactive ketones (excluding diaryl/α,β-unsaturated/α-hetero) is 1. The smallest absolute Gasteiger partial charge is 0.306 e. The summed E-state index contributed by atoms with van der Waals surface area (Å²) in [6.07, 6.45) is 10.1. The van der Waals surface area contributed by atoms with Gasteiger partial charge in [0.1, 0.15) is 11.4 Å². The third kappa shape index (κ3) is 2.68.